The molecule has 15 heteroatoms. The highest BCUT2D eigenvalue weighted by Crippen LogP contribution is 2.30. The Kier molecular flexibility index (Phi) is 12.7. The zero-order valence-corrected chi connectivity index (χ0v) is 29.6. The molecule has 2 heterocycles. The Bertz CT molecular complexity index is 1800. The maximum absolute atomic E-state index is 13.8. The van der Waals surface area contributed by atoms with Gasteiger partial charge in [0.15, 0.2) is 0 Å². The molecule has 2 atom stereocenters. The second-order valence-corrected chi connectivity index (χ2v) is 13.7. The molecule has 0 saturated carbocycles. The number of hydrogen-bond donors (Lipinski definition) is 2. The maximum atomic E-state index is 13.8. The number of likely N-dealkylation sites (tertiary alicyclic amines) is 1. The molecule has 4 rings (SSSR count). The summed E-state index contributed by atoms with van der Waals surface area (Å²) in [6.45, 7) is 8.86. The van der Waals surface area contributed by atoms with Gasteiger partial charge in [-0.1, -0.05) is 67.5 Å². The summed E-state index contributed by atoms with van der Waals surface area (Å²) < 4.78 is 50.0. The van der Waals surface area contributed by atoms with Gasteiger partial charge in [-0.3, -0.25) is 24.0 Å². The molecule has 0 radical (unpaired) electrons. The zero-order valence-electron chi connectivity index (χ0n) is 29.6. The lowest BCUT2D eigenvalue weighted by atomic mass is 10.0. The van der Waals surface area contributed by atoms with E-state index in [9.17, 15) is 37.1 Å². The molecular formula is C37H42F3N5O7. The van der Waals surface area contributed by atoms with Crippen LogP contribution in [0.2, 0.25) is 0 Å². The number of allylic oxidation sites excluding steroid dienone is 1. The Labute approximate surface area is 299 Å². The van der Waals surface area contributed by atoms with E-state index in [0.29, 0.717) is 12.0 Å². The van der Waals surface area contributed by atoms with Crippen molar-refractivity contribution in [3.05, 3.63) is 88.7 Å². The predicted molar refractivity (Wildman–Crippen MR) is 182 cm³/mol. The number of carbonyl (C=O) groups excluding carboxylic acids is 5. The fraction of sp³-hybridized carbons (Fsp3) is 0.432. The highest BCUT2D eigenvalue weighted by Gasteiger charge is 2.39. The van der Waals surface area contributed by atoms with Crippen LogP contribution in [0.25, 0.3) is 6.08 Å². The summed E-state index contributed by atoms with van der Waals surface area (Å²) in [7, 11) is 0. The largest absolute Gasteiger partial charge is 0.460 e. The van der Waals surface area contributed by atoms with E-state index in [0.717, 1.165) is 12.1 Å². The van der Waals surface area contributed by atoms with Crippen molar-refractivity contribution >= 4 is 35.6 Å². The Morgan fingerprint density at radius 3 is 2.38 bits per heavy atom. The minimum atomic E-state index is -4.55. The van der Waals surface area contributed by atoms with Crippen LogP contribution in [-0.2, 0) is 36.5 Å². The normalized spacial score (nSPS) is 15.7. The van der Waals surface area contributed by atoms with Crippen molar-refractivity contribution in [1.82, 2.24) is 25.7 Å². The van der Waals surface area contributed by atoms with Gasteiger partial charge in [-0.15, -0.1) is 0 Å². The zero-order chi connectivity index (χ0) is 38.2. The van der Waals surface area contributed by atoms with Gasteiger partial charge in [0.25, 0.3) is 0 Å². The smallest absolute Gasteiger partial charge is 0.416 e. The number of ketones is 1. The van der Waals surface area contributed by atoms with E-state index in [1.54, 1.807) is 65.0 Å². The third-order valence-electron chi connectivity index (χ3n) is 7.96. The number of alkyl halides is 3. The van der Waals surface area contributed by atoms with Crippen molar-refractivity contribution in [2.24, 2.45) is 5.92 Å². The molecule has 0 aliphatic carbocycles. The molecule has 12 nitrogen and oxygen atoms in total. The summed E-state index contributed by atoms with van der Waals surface area (Å²) in [6, 6.07) is 11.2. The van der Waals surface area contributed by atoms with Crippen molar-refractivity contribution in [3.63, 3.8) is 0 Å². The molecule has 52 heavy (non-hydrogen) atoms. The number of amides is 3. The first-order chi connectivity index (χ1) is 24.4. The van der Waals surface area contributed by atoms with E-state index in [-0.39, 0.29) is 55.3 Å². The minimum absolute atomic E-state index is 0.117. The first-order valence-electron chi connectivity index (χ1n) is 16.8. The van der Waals surface area contributed by atoms with Crippen LogP contribution in [-0.4, -0.2) is 68.7 Å². The Balaban J connectivity index is 1.49. The lowest BCUT2D eigenvalue weighted by Crippen LogP contribution is -2.55. The molecule has 1 fully saturated rings. The summed E-state index contributed by atoms with van der Waals surface area (Å²) >= 11 is 0. The molecular weight excluding hydrogens is 683 g/mol. The average Bonchev–Trinajstić information content (AvgIpc) is 3.75. The summed E-state index contributed by atoms with van der Waals surface area (Å²) in [4.78, 5) is 71.6. The molecule has 3 amide bonds. The first-order valence-corrected chi connectivity index (χ1v) is 16.8. The monoisotopic (exact) mass is 725 g/mol. The van der Waals surface area contributed by atoms with Crippen LogP contribution in [0.1, 0.15) is 93.5 Å². The number of nitrogens with zero attached hydrogens (tertiary/aromatic N) is 3. The SMILES string of the molecule is CC(C)[C@H](NC(=O)CCC(=O)OC(C)(C)C)C(=O)N1CCCC1C(=O)N/C(=C/c1ccccc1)C(=O)c1noc(Cc2cccc(C(F)(F)F)c2)n1. The van der Waals surface area contributed by atoms with Crippen molar-refractivity contribution < 1.29 is 46.4 Å². The first kappa shape index (κ1) is 39.4. The lowest BCUT2D eigenvalue weighted by molar-refractivity contribution is -0.155. The van der Waals surface area contributed by atoms with Gasteiger partial charge in [-0.25, -0.2) is 0 Å². The highest BCUT2D eigenvalue weighted by molar-refractivity contribution is 6.11. The van der Waals surface area contributed by atoms with Gasteiger partial charge in [-0.2, -0.15) is 18.2 Å². The minimum Gasteiger partial charge on any atom is -0.460 e. The van der Waals surface area contributed by atoms with Gasteiger partial charge < -0.3 is 24.8 Å². The van der Waals surface area contributed by atoms with E-state index in [1.165, 1.54) is 23.1 Å². The van der Waals surface area contributed by atoms with Crippen LogP contribution < -0.4 is 10.6 Å². The number of esters is 1. The number of nitrogens with one attached hydrogen (secondary N) is 2. The molecule has 1 unspecified atom stereocenters. The van der Waals surface area contributed by atoms with E-state index in [4.69, 9.17) is 9.26 Å². The number of halogens is 3. The topological polar surface area (TPSA) is 161 Å². The van der Waals surface area contributed by atoms with E-state index < -0.39 is 64.7 Å². The lowest BCUT2D eigenvalue weighted by Gasteiger charge is -2.30. The van der Waals surface area contributed by atoms with Crippen LogP contribution in [0.5, 0.6) is 0 Å². The number of ether oxygens (including phenoxy) is 1. The van der Waals surface area contributed by atoms with E-state index in [2.05, 4.69) is 20.8 Å². The van der Waals surface area contributed by atoms with Crippen LogP contribution in [0.3, 0.4) is 0 Å². The molecule has 1 aromatic heterocycles. The molecule has 1 aliphatic heterocycles. The Morgan fingerprint density at radius 2 is 1.73 bits per heavy atom. The van der Waals surface area contributed by atoms with Gasteiger partial charge in [0, 0.05) is 13.0 Å². The van der Waals surface area contributed by atoms with Gasteiger partial charge >= 0.3 is 12.1 Å². The van der Waals surface area contributed by atoms with Crippen LogP contribution >= 0.6 is 0 Å². The Morgan fingerprint density at radius 1 is 1.02 bits per heavy atom. The summed E-state index contributed by atoms with van der Waals surface area (Å²) in [5, 5.41) is 9.05. The van der Waals surface area contributed by atoms with Crippen molar-refractivity contribution in [1.29, 1.82) is 0 Å². The number of carbonyl (C=O) groups is 5. The fourth-order valence-corrected chi connectivity index (χ4v) is 5.51. The van der Waals surface area contributed by atoms with Gasteiger partial charge in [0.1, 0.15) is 17.7 Å². The quantitative estimate of drug-likeness (QED) is 0.136. The highest BCUT2D eigenvalue weighted by atomic mass is 19.4. The number of aromatic nitrogens is 2. The summed E-state index contributed by atoms with van der Waals surface area (Å²) in [5.74, 6) is -3.96. The molecule has 1 aliphatic rings. The van der Waals surface area contributed by atoms with Crippen molar-refractivity contribution in [2.45, 2.75) is 90.6 Å². The van der Waals surface area contributed by atoms with Gasteiger partial charge in [0.05, 0.1) is 24.1 Å². The van der Waals surface area contributed by atoms with E-state index in [1.807, 2.05) is 0 Å². The molecule has 0 spiro atoms. The number of Topliss-reactive ketones (excluding diaryl/α,β-unsaturated/α-hetero) is 1. The standard InChI is InChI=1S/C37H42F3N5O7/c1-22(2)31(42-28(46)16-17-30(47)51-36(3,4)5)35(50)45-18-10-15-27(45)34(49)41-26(20-23-11-7-6-8-12-23)32(48)33-43-29(52-44-33)21-24-13-9-14-25(19-24)37(38,39)40/h6-9,11-14,19-20,22,27,31H,10,15-18,21H2,1-5H3,(H,41,49)(H,42,46)/b26-20+/t27?,31-/m0/s1. The predicted octanol–water partition coefficient (Wildman–Crippen LogP) is 5.27. The fourth-order valence-electron chi connectivity index (χ4n) is 5.51. The molecule has 278 valence electrons. The van der Waals surface area contributed by atoms with Crippen LogP contribution in [0.15, 0.2) is 64.8 Å². The number of hydrogen-bond acceptors (Lipinski definition) is 9. The van der Waals surface area contributed by atoms with Crippen LogP contribution in [0.4, 0.5) is 13.2 Å². The molecule has 3 aromatic rings. The van der Waals surface area contributed by atoms with Crippen LogP contribution in [0, 0.1) is 5.92 Å². The second-order valence-electron chi connectivity index (χ2n) is 13.7. The second kappa shape index (κ2) is 16.8. The number of rotatable bonds is 13. The summed E-state index contributed by atoms with van der Waals surface area (Å²) in [6.07, 6.45) is -2.92. The third-order valence-corrected chi connectivity index (χ3v) is 7.96. The van der Waals surface area contributed by atoms with Crippen molar-refractivity contribution in [3.8, 4) is 0 Å². The maximum Gasteiger partial charge on any atom is 0.416 e. The number of benzene rings is 2. The molecule has 2 N–H and O–H groups in total. The Hall–Kier alpha value is -5.34. The van der Waals surface area contributed by atoms with Gasteiger partial charge in [-0.05, 0) is 62.8 Å². The van der Waals surface area contributed by atoms with E-state index >= 15 is 0 Å². The molecule has 1 saturated heterocycles. The van der Waals surface area contributed by atoms with Crippen molar-refractivity contribution in [2.75, 3.05) is 6.54 Å². The van der Waals surface area contributed by atoms with Gasteiger partial charge in [0.2, 0.25) is 35.2 Å². The summed E-state index contributed by atoms with van der Waals surface area (Å²) in [5.41, 5.74) is -1.00. The average molecular weight is 726 g/mol. The molecule has 2 aromatic carbocycles. The molecule has 0 bridgehead atoms. The third kappa shape index (κ3) is 11.1.